The molecule has 3 N–H and O–H groups in total. The maximum atomic E-state index is 12.4. The van der Waals surface area contributed by atoms with Crippen LogP contribution in [0.2, 0.25) is 0 Å². The molecule has 8 heteroatoms. The summed E-state index contributed by atoms with van der Waals surface area (Å²) in [5.74, 6) is -0.427. The van der Waals surface area contributed by atoms with Gasteiger partial charge in [0.25, 0.3) is 15.9 Å². The van der Waals surface area contributed by atoms with Gasteiger partial charge in [0.1, 0.15) is 5.75 Å². The minimum Gasteiger partial charge on any atom is -0.508 e. The Morgan fingerprint density at radius 2 is 1.68 bits per heavy atom. The molecule has 0 saturated heterocycles. The van der Waals surface area contributed by atoms with E-state index in [0.717, 1.165) is 11.3 Å². The molecule has 0 aliphatic carbocycles. The van der Waals surface area contributed by atoms with Gasteiger partial charge < -0.3 is 10.4 Å². The monoisotopic (exact) mass is 374 g/mol. The maximum absolute atomic E-state index is 12.4. The van der Waals surface area contributed by atoms with E-state index in [1.807, 2.05) is 6.07 Å². The Kier molecular flexibility index (Phi) is 4.73. The second-order valence-corrected chi connectivity index (χ2v) is 7.72. The first-order chi connectivity index (χ1) is 11.9. The highest BCUT2D eigenvalue weighted by atomic mass is 32.2. The highest BCUT2D eigenvalue weighted by Crippen LogP contribution is 2.24. The normalized spacial score (nSPS) is 11.0. The molecule has 1 amide bonds. The first-order valence-electron chi connectivity index (χ1n) is 7.21. The molecule has 6 nitrogen and oxygen atoms in total. The molecule has 0 fully saturated rings. The molecule has 0 spiro atoms. The number of para-hydroxylation sites is 1. The first-order valence-corrected chi connectivity index (χ1v) is 9.57. The van der Waals surface area contributed by atoms with Crippen molar-refractivity contribution in [1.29, 1.82) is 0 Å². The van der Waals surface area contributed by atoms with Crippen LogP contribution in [0.5, 0.6) is 5.75 Å². The lowest BCUT2D eigenvalue weighted by molar-refractivity contribution is 0.103. The lowest BCUT2D eigenvalue weighted by Gasteiger charge is -2.06. The number of hydrogen-bond donors (Lipinski definition) is 3. The molecule has 1 aromatic heterocycles. The number of benzene rings is 2. The summed E-state index contributed by atoms with van der Waals surface area (Å²) in [5, 5.41) is 13.5. The quantitative estimate of drug-likeness (QED) is 0.637. The maximum Gasteiger partial charge on any atom is 0.265 e. The van der Waals surface area contributed by atoms with Gasteiger partial charge >= 0.3 is 0 Å². The Morgan fingerprint density at radius 1 is 0.960 bits per heavy atom. The van der Waals surface area contributed by atoms with Crippen molar-refractivity contribution in [3.63, 3.8) is 0 Å². The van der Waals surface area contributed by atoms with Gasteiger partial charge in [0.15, 0.2) is 0 Å². The molecule has 0 atom stereocenters. The van der Waals surface area contributed by atoms with E-state index >= 15 is 0 Å². The Morgan fingerprint density at radius 3 is 2.40 bits per heavy atom. The van der Waals surface area contributed by atoms with Crippen molar-refractivity contribution in [3.05, 3.63) is 70.9 Å². The van der Waals surface area contributed by atoms with Crippen molar-refractivity contribution in [3.8, 4) is 5.75 Å². The number of nitrogens with one attached hydrogen (secondary N) is 2. The van der Waals surface area contributed by atoms with E-state index in [9.17, 15) is 18.3 Å². The summed E-state index contributed by atoms with van der Waals surface area (Å²) in [6.07, 6.45) is 0. The van der Waals surface area contributed by atoms with Gasteiger partial charge in [0.2, 0.25) is 0 Å². The molecule has 2 aromatic carbocycles. The highest BCUT2D eigenvalue weighted by molar-refractivity contribution is 7.92. The summed E-state index contributed by atoms with van der Waals surface area (Å²) in [6.45, 7) is 0. The van der Waals surface area contributed by atoms with Crippen LogP contribution in [-0.2, 0) is 10.0 Å². The smallest absolute Gasteiger partial charge is 0.265 e. The van der Waals surface area contributed by atoms with Gasteiger partial charge in [-0.1, -0.05) is 24.3 Å². The third kappa shape index (κ3) is 4.17. The molecule has 0 unspecified atom stereocenters. The van der Waals surface area contributed by atoms with Gasteiger partial charge in [-0.25, -0.2) is 8.42 Å². The molecule has 0 aliphatic heterocycles. The zero-order chi connectivity index (χ0) is 17.9. The van der Waals surface area contributed by atoms with Crippen molar-refractivity contribution in [2.45, 2.75) is 4.90 Å². The van der Waals surface area contributed by atoms with Crippen LogP contribution in [0.1, 0.15) is 9.67 Å². The predicted molar refractivity (Wildman–Crippen MR) is 97.6 cm³/mol. The van der Waals surface area contributed by atoms with Crippen LogP contribution in [0.15, 0.2) is 70.9 Å². The van der Waals surface area contributed by atoms with Crippen LogP contribution in [0.4, 0.5) is 11.4 Å². The van der Waals surface area contributed by atoms with Crippen LogP contribution in [-0.4, -0.2) is 19.4 Å². The topological polar surface area (TPSA) is 95.5 Å². The Hall–Kier alpha value is -2.84. The number of aromatic hydroxyl groups is 1. The molecular weight excluding hydrogens is 360 g/mol. The largest absolute Gasteiger partial charge is 0.508 e. The van der Waals surface area contributed by atoms with Crippen LogP contribution in [0.3, 0.4) is 0 Å². The number of anilines is 2. The van der Waals surface area contributed by atoms with E-state index in [4.69, 9.17) is 0 Å². The van der Waals surface area contributed by atoms with Crippen molar-refractivity contribution in [1.82, 2.24) is 0 Å². The predicted octanol–water partition coefficient (Wildman–Crippen LogP) is 3.51. The van der Waals surface area contributed by atoms with E-state index in [2.05, 4.69) is 10.0 Å². The molecule has 0 aliphatic rings. The van der Waals surface area contributed by atoms with Crippen LogP contribution >= 0.6 is 11.3 Å². The fourth-order valence-electron chi connectivity index (χ4n) is 2.08. The number of thiophene rings is 1. The second kappa shape index (κ2) is 6.96. The first kappa shape index (κ1) is 17.0. The number of carbonyl (C=O) groups is 1. The molecule has 0 radical (unpaired) electrons. The molecule has 0 bridgehead atoms. The van der Waals surface area contributed by atoms with Crippen molar-refractivity contribution >= 4 is 38.6 Å². The van der Waals surface area contributed by atoms with Gasteiger partial charge in [-0.15, -0.1) is 11.3 Å². The Balaban J connectivity index is 1.77. The number of sulfonamides is 1. The molecular formula is C17H14N2O4S2. The number of amides is 1. The van der Waals surface area contributed by atoms with E-state index in [-0.39, 0.29) is 27.1 Å². The van der Waals surface area contributed by atoms with Crippen molar-refractivity contribution in [2.75, 3.05) is 10.0 Å². The van der Waals surface area contributed by atoms with Gasteiger partial charge in [0, 0.05) is 17.1 Å². The molecule has 128 valence electrons. The summed E-state index contributed by atoms with van der Waals surface area (Å²) >= 11 is 1.04. The van der Waals surface area contributed by atoms with E-state index in [1.165, 1.54) is 35.7 Å². The van der Waals surface area contributed by atoms with Crippen LogP contribution in [0.25, 0.3) is 0 Å². The second-order valence-electron chi connectivity index (χ2n) is 5.12. The summed E-state index contributed by atoms with van der Waals surface area (Å²) in [4.78, 5) is 12.5. The zero-order valence-electron chi connectivity index (χ0n) is 12.8. The number of phenolic OH excluding ortho intramolecular Hbond substituents is 1. The van der Waals surface area contributed by atoms with Gasteiger partial charge in [-0.05, 0) is 30.3 Å². The average Bonchev–Trinajstić information content (AvgIpc) is 3.06. The Labute approximate surface area is 148 Å². The zero-order valence-corrected chi connectivity index (χ0v) is 14.5. The Bertz CT molecular complexity index is 998. The number of phenols is 1. The fraction of sp³-hybridized carbons (Fsp3) is 0. The highest BCUT2D eigenvalue weighted by Gasteiger charge is 2.19. The van der Waals surface area contributed by atoms with Gasteiger partial charge in [-0.2, -0.15) is 0 Å². The van der Waals surface area contributed by atoms with Gasteiger partial charge in [-0.3, -0.25) is 9.52 Å². The van der Waals surface area contributed by atoms with Crippen molar-refractivity contribution < 1.29 is 18.3 Å². The van der Waals surface area contributed by atoms with Crippen LogP contribution in [0, 0.1) is 0 Å². The molecule has 25 heavy (non-hydrogen) atoms. The SMILES string of the molecule is O=C(Nc1ccccc1)c1cc(S(=O)(=O)Nc2cccc(O)c2)cs1. The average molecular weight is 374 g/mol. The lowest BCUT2D eigenvalue weighted by atomic mass is 10.3. The standard InChI is InChI=1S/C17H14N2O4S2/c20-14-8-4-7-13(9-14)19-25(22,23)15-10-16(24-11-15)17(21)18-12-5-2-1-3-6-12/h1-11,19-20H,(H,18,21). The van der Waals surface area contributed by atoms with E-state index in [0.29, 0.717) is 5.69 Å². The third-order valence-electron chi connectivity index (χ3n) is 3.24. The number of hydrogen-bond acceptors (Lipinski definition) is 5. The van der Waals surface area contributed by atoms with Gasteiger partial charge in [0.05, 0.1) is 15.5 Å². The molecule has 0 saturated carbocycles. The summed E-state index contributed by atoms with van der Waals surface area (Å²) in [7, 11) is -3.85. The number of carbonyl (C=O) groups excluding carboxylic acids is 1. The van der Waals surface area contributed by atoms with E-state index < -0.39 is 10.0 Å². The third-order valence-corrected chi connectivity index (χ3v) is 5.68. The van der Waals surface area contributed by atoms with Crippen LogP contribution < -0.4 is 10.0 Å². The summed E-state index contributed by atoms with van der Waals surface area (Å²) in [5.41, 5.74) is 0.865. The fourth-order valence-corrected chi connectivity index (χ4v) is 4.29. The number of rotatable bonds is 5. The summed E-state index contributed by atoms with van der Waals surface area (Å²) in [6, 6.07) is 16.0. The molecule has 1 heterocycles. The van der Waals surface area contributed by atoms with Crippen molar-refractivity contribution in [2.24, 2.45) is 0 Å². The lowest BCUT2D eigenvalue weighted by Crippen LogP contribution is -2.13. The minimum atomic E-state index is -3.85. The molecule has 3 rings (SSSR count). The summed E-state index contributed by atoms with van der Waals surface area (Å²) < 4.78 is 27.1. The minimum absolute atomic E-state index is 0.0148. The van der Waals surface area contributed by atoms with E-state index in [1.54, 1.807) is 24.3 Å². The molecule has 3 aromatic rings.